The van der Waals surface area contributed by atoms with Crippen molar-refractivity contribution >= 4 is 29.4 Å². The van der Waals surface area contributed by atoms with Crippen LogP contribution in [0.5, 0.6) is 0 Å². The number of benzene rings is 1. The van der Waals surface area contributed by atoms with Crippen molar-refractivity contribution in [3.8, 4) is 0 Å². The van der Waals surface area contributed by atoms with Crippen LogP contribution in [-0.4, -0.2) is 49.6 Å². The summed E-state index contributed by atoms with van der Waals surface area (Å²) < 4.78 is 4.55. The van der Waals surface area contributed by atoms with Crippen LogP contribution in [0.25, 0.3) is 0 Å². The van der Waals surface area contributed by atoms with Gasteiger partial charge in [0.25, 0.3) is 5.91 Å². The first-order valence-corrected chi connectivity index (χ1v) is 7.93. The highest BCUT2D eigenvalue weighted by Crippen LogP contribution is 2.23. The van der Waals surface area contributed by atoms with Crippen molar-refractivity contribution in [3.63, 3.8) is 0 Å². The van der Waals surface area contributed by atoms with E-state index in [-0.39, 0.29) is 37.0 Å². The largest absolute Gasteiger partial charge is 0.469 e. The monoisotopic (exact) mass is 360 g/mol. The van der Waals surface area contributed by atoms with Gasteiger partial charge in [0.2, 0.25) is 5.91 Å². The molecule has 0 aliphatic carbocycles. The Hall–Kier alpha value is -3.23. The van der Waals surface area contributed by atoms with Crippen LogP contribution in [0.4, 0.5) is 0 Å². The molecule has 1 unspecified atom stereocenters. The number of rotatable bonds is 7. The van der Waals surface area contributed by atoms with E-state index in [1.807, 2.05) is 0 Å². The first-order chi connectivity index (χ1) is 12.3. The third-order valence-corrected chi connectivity index (χ3v) is 4.23. The predicted molar refractivity (Wildman–Crippen MR) is 91.4 cm³/mol. The minimum Gasteiger partial charge on any atom is -0.469 e. The fourth-order valence-corrected chi connectivity index (χ4v) is 2.70. The van der Waals surface area contributed by atoms with E-state index in [4.69, 9.17) is 11.1 Å². The number of nitrogens with two attached hydrogens (primary N) is 1. The molecule has 26 heavy (non-hydrogen) atoms. The predicted octanol–water partition coefficient (Wildman–Crippen LogP) is -0.805. The molecule has 2 rings (SSSR count). The fraction of sp³-hybridized carbons (Fsp3) is 0.353. The lowest BCUT2D eigenvalue weighted by Gasteiger charge is -2.15. The van der Waals surface area contributed by atoms with Gasteiger partial charge in [-0.15, -0.1) is 0 Å². The van der Waals surface area contributed by atoms with Gasteiger partial charge in [-0.2, -0.15) is 0 Å². The maximum Gasteiger partial charge on any atom is 0.306 e. The van der Waals surface area contributed by atoms with E-state index in [1.54, 1.807) is 0 Å². The second-order valence-electron chi connectivity index (χ2n) is 5.88. The van der Waals surface area contributed by atoms with Crippen molar-refractivity contribution in [2.75, 3.05) is 20.2 Å². The van der Waals surface area contributed by atoms with Crippen molar-refractivity contribution < 1.29 is 23.9 Å². The molecule has 138 valence electrons. The molecule has 9 heteroatoms. The third-order valence-electron chi connectivity index (χ3n) is 4.23. The summed E-state index contributed by atoms with van der Waals surface area (Å²) in [5, 5.41) is 12.4. The lowest BCUT2D eigenvalue weighted by Crippen LogP contribution is -2.36. The van der Waals surface area contributed by atoms with Crippen LogP contribution < -0.4 is 16.4 Å². The van der Waals surface area contributed by atoms with Crippen LogP contribution in [0.2, 0.25) is 0 Å². The summed E-state index contributed by atoms with van der Waals surface area (Å²) in [6.45, 7) is -0.132. The van der Waals surface area contributed by atoms with Gasteiger partial charge in [0, 0.05) is 23.6 Å². The van der Waals surface area contributed by atoms with Gasteiger partial charge >= 0.3 is 5.97 Å². The molecule has 0 radical (unpaired) electrons. The van der Waals surface area contributed by atoms with Crippen LogP contribution in [0.3, 0.4) is 0 Å². The van der Waals surface area contributed by atoms with E-state index in [1.165, 1.54) is 31.4 Å². The maximum absolute atomic E-state index is 12.3. The molecule has 2 amide bonds. The number of amidine groups is 1. The molecule has 0 bridgehead atoms. The van der Waals surface area contributed by atoms with Gasteiger partial charge < -0.3 is 21.1 Å². The summed E-state index contributed by atoms with van der Waals surface area (Å²) >= 11 is 0. The van der Waals surface area contributed by atoms with E-state index < -0.39 is 23.7 Å². The van der Waals surface area contributed by atoms with Crippen LogP contribution in [0, 0.1) is 17.2 Å². The zero-order valence-electron chi connectivity index (χ0n) is 14.2. The van der Waals surface area contributed by atoms with E-state index in [0.29, 0.717) is 11.1 Å². The van der Waals surface area contributed by atoms with Crippen LogP contribution in [0.15, 0.2) is 24.3 Å². The molecule has 9 nitrogen and oxygen atoms in total. The third kappa shape index (κ3) is 4.44. The topological polar surface area (TPSA) is 151 Å². The van der Waals surface area contributed by atoms with Crippen molar-refractivity contribution in [1.29, 1.82) is 5.41 Å². The quantitative estimate of drug-likeness (QED) is 0.284. The number of hydrogen-bond donors (Lipinski definition) is 4. The number of carbonyl (C=O) groups is 4. The number of nitrogen functional groups attached to an aromatic ring is 1. The van der Waals surface area contributed by atoms with Crippen LogP contribution in [0.1, 0.15) is 22.3 Å². The van der Waals surface area contributed by atoms with Gasteiger partial charge in [0.05, 0.1) is 26.0 Å². The van der Waals surface area contributed by atoms with Gasteiger partial charge in [-0.05, 0) is 12.1 Å². The SMILES string of the molecule is COC(=O)C[C@@H]1C(=O)NCC1C(=O)CNC(=O)c1ccc(C(=N)N)cc1. The number of ether oxygens (including phenoxy) is 1. The van der Waals surface area contributed by atoms with Crippen LogP contribution in [-0.2, 0) is 19.1 Å². The summed E-state index contributed by atoms with van der Waals surface area (Å²) in [5.41, 5.74) is 6.15. The molecule has 0 saturated carbocycles. The van der Waals surface area contributed by atoms with Crippen LogP contribution >= 0.6 is 0 Å². The molecule has 1 aromatic rings. The second kappa shape index (κ2) is 8.24. The average molecular weight is 360 g/mol. The summed E-state index contributed by atoms with van der Waals surface area (Å²) in [5.74, 6) is -3.34. The molecule has 0 aromatic heterocycles. The summed E-state index contributed by atoms with van der Waals surface area (Å²) in [6.07, 6.45) is -0.181. The summed E-state index contributed by atoms with van der Waals surface area (Å²) in [6, 6.07) is 6.06. The first-order valence-electron chi connectivity index (χ1n) is 7.93. The molecule has 1 aromatic carbocycles. The Kier molecular flexibility index (Phi) is 6.05. The highest BCUT2D eigenvalue weighted by molar-refractivity contribution is 6.00. The molecule has 2 atom stereocenters. The Bertz CT molecular complexity index is 744. The number of carbonyl (C=O) groups excluding carboxylic acids is 4. The standard InChI is InChI=1S/C17H20N4O5/c1-26-14(23)6-11-12(7-20-17(11)25)13(22)8-21-16(24)10-4-2-9(3-5-10)15(18)19/h2-5,11-12H,6-8H2,1H3,(H3,18,19)(H,20,25)(H,21,24)/t11-,12?/m0/s1. The number of hydrogen-bond acceptors (Lipinski definition) is 6. The molecule has 0 spiro atoms. The Labute approximate surface area is 149 Å². The second-order valence-corrected chi connectivity index (χ2v) is 5.88. The number of methoxy groups -OCH3 is 1. The van der Waals surface area contributed by atoms with Crippen molar-refractivity contribution in [2.24, 2.45) is 17.6 Å². The van der Waals surface area contributed by atoms with Gasteiger partial charge in [0.1, 0.15) is 5.84 Å². The molecule has 1 aliphatic rings. The van der Waals surface area contributed by atoms with Crippen molar-refractivity contribution in [2.45, 2.75) is 6.42 Å². The number of Topliss-reactive ketones (excluding diaryl/α,β-unsaturated/α-hetero) is 1. The Morgan fingerprint density at radius 2 is 1.88 bits per heavy atom. The Morgan fingerprint density at radius 3 is 2.46 bits per heavy atom. The van der Waals surface area contributed by atoms with E-state index in [0.717, 1.165) is 0 Å². The van der Waals surface area contributed by atoms with E-state index >= 15 is 0 Å². The highest BCUT2D eigenvalue weighted by Gasteiger charge is 2.40. The normalized spacial score (nSPS) is 18.7. The number of nitrogens with one attached hydrogen (secondary N) is 3. The van der Waals surface area contributed by atoms with E-state index in [9.17, 15) is 19.2 Å². The van der Waals surface area contributed by atoms with Gasteiger partial charge in [-0.1, -0.05) is 12.1 Å². The average Bonchev–Trinajstić information content (AvgIpc) is 2.99. The Balaban J connectivity index is 1.94. The summed E-state index contributed by atoms with van der Waals surface area (Å²) in [4.78, 5) is 47.7. The zero-order valence-corrected chi connectivity index (χ0v) is 14.2. The molecule has 1 saturated heterocycles. The molecule has 1 heterocycles. The van der Waals surface area contributed by atoms with Crippen molar-refractivity contribution in [3.05, 3.63) is 35.4 Å². The number of amides is 2. The van der Waals surface area contributed by atoms with Gasteiger partial charge in [-0.25, -0.2) is 0 Å². The smallest absolute Gasteiger partial charge is 0.306 e. The molecule has 1 fully saturated rings. The molecular weight excluding hydrogens is 340 g/mol. The van der Waals surface area contributed by atoms with E-state index in [2.05, 4.69) is 15.4 Å². The molecule has 5 N–H and O–H groups in total. The zero-order chi connectivity index (χ0) is 19.3. The minimum absolute atomic E-state index is 0.109. The number of ketones is 1. The molecule has 1 aliphatic heterocycles. The van der Waals surface area contributed by atoms with Gasteiger partial charge in [0.15, 0.2) is 5.78 Å². The summed E-state index contributed by atoms with van der Waals surface area (Å²) in [7, 11) is 1.21. The molecular formula is C17H20N4O5. The minimum atomic E-state index is -0.790. The number of esters is 1. The lowest BCUT2D eigenvalue weighted by molar-refractivity contribution is -0.144. The maximum atomic E-state index is 12.3. The lowest BCUT2D eigenvalue weighted by atomic mass is 9.88. The Morgan fingerprint density at radius 1 is 1.27 bits per heavy atom. The van der Waals surface area contributed by atoms with Gasteiger partial charge in [-0.3, -0.25) is 24.6 Å². The fourth-order valence-electron chi connectivity index (χ4n) is 2.70. The van der Waals surface area contributed by atoms with Crippen molar-refractivity contribution in [1.82, 2.24) is 10.6 Å². The first kappa shape index (κ1) is 19.1. The highest BCUT2D eigenvalue weighted by atomic mass is 16.5.